The molecule has 0 aliphatic rings. The van der Waals surface area contributed by atoms with Gasteiger partial charge in [-0.15, -0.1) is 0 Å². The van der Waals surface area contributed by atoms with E-state index in [9.17, 15) is 9.59 Å². The molecule has 1 atom stereocenters. The fourth-order valence-corrected chi connectivity index (χ4v) is 1.33. The van der Waals surface area contributed by atoms with Gasteiger partial charge in [0.05, 0.1) is 5.41 Å². The molecule has 0 aliphatic carbocycles. The molecule has 0 saturated heterocycles. The van der Waals surface area contributed by atoms with E-state index >= 15 is 0 Å². The Balaban J connectivity index is 2.90. The van der Waals surface area contributed by atoms with Crippen LogP contribution in [0.5, 0.6) is 0 Å². The van der Waals surface area contributed by atoms with Crippen LogP contribution in [-0.4, -0.2) is 11.2 Å². The van der Waals surface area contributed by atoms with Crippen molar-refractivity contribution >= 4 is 22.8 Å². The third-order valence-electron chi connectivity index (χ3n) is 2.15. The van der Waals surface area contributed by atoms with Gasteiger partial charge >= 0.3 is 5.97 Å². The van der Waals surface area contributed by atoms with Crippen LogP contribution in [-0.2, 0) is 14.3 Å². The Kier molecular flexibility index (Phi) is 4.29. The van der Waals surface area contributed by atoms with Crippen molar-refractivity contribution in [3.05, 3.63) is 35.9 Å². The van der Waals surface area contributed by atoms with E-state index in [1.165, 1.54) is 0 Å². The third kappa shape index (κ3) is 3.86. The molecule has 1 aromatic rings. The van der Waals surface area contributed by atoms with E-state index in [-0.39, 0.29) is 0 Å². The second-order valence-electron chi connectivity index (χ2n) is 4.75. The van der Waals surface area contributed by atoms with E-state index < -0.39 is 22.7 Å². The Morgan fingerprint density at radius 1 is 1.18 bits per heavy atom. The summed E-state index contributed by atoms with van der Waals surface area (Å²) in [7, 11) is 0. The van der Waals surface area contributed by atoms with Gasteiger partial charge in [0.15, 0.2) is 0 Å². The van der Waals surface area contributed by atoms with E-state index in [0.29, 0.717) is 5.56 Å². The summed E-state index contributed by atoms with van der Waals surface area (Å²) in [5, 5.41) is -0.700. The number of hydrogen-bond acceptors (Lipinski definition) is 3. The molecule has 0 aliphatic heterocycles. The minimum absolute atomic E-state index is 0.458. The fourth-order valence-electron chi connectivity index (χ4n) is 1.16. The van der Waals surface area contributed by atoms with Gasteiger partial charge in [0, 0.05) is 5.56 Å². The molecule has 0 N–H and O–H groups in total. The van der Waals surface area contributed by atoms with Crippen LogP contribution in [0.15, 0.2) is 30.3 Å². The summed E-state index contributed by atoms with van der Waals surface area (Å²) < 4.78 is 5.14. The standard InChI is InChI=1S/C13H15ClO3/c1-13(2,3)12(16)17-10(11(14)15)9-7-5-4-6-8-9/h4-8,10H,1-3H3/t10-/m1/s1. The fraction of sp³-hybridized carbons (Fsp3) is 0.385. The summed E-state index contributed by atoms with van der Waals surface area (Å²) in [6, 6.07) is 8.72. The van der Waals surface area contributed by atoms with E-state index in [4.69, 9.17) is 16.3 Å². The average Bonchev–Trinajstić information content (AvgIpc) is 2.25. The largest absolute Gasteiger partial charge is 0.448 e. The van der Waals surface area contributed by atoms with Crippen molar-refractivity contribution < 1.29 is 14.3 Å². The monoisotopic (exact) mass is 254 g/mol. The van der Waals surface area contributed by atoms with Gasteiger partial charge < -0.3 is 4.74 Å². The molecule has 0 bridgehead atoms. The maximum Gasteiger partial charge on any atom is 0.312 e. The van der Waals surface area contributed by atoms with Crippen molar-refractivity contribution in [3.63, 3.8) is 0 Å². The van der Waals surface area contributed by atoms with Crippen molar-refractivity contribution in [3.8, 4) is 0 Å². The summed E-state index contributed by atoms with van der Waals surface area (Å²) in [5.41, 5.74) is -0.0931. The van der Waals surface area contributed by atoms with Crippen LogP contribution < -0.4 is 0 Å². The molecule has 0 amide bonds. The first-order chi connectivity index (χ1) is 7.82. The predicted octanol–water partition coefficient (Wildman–Crippen LogP) is 3.08. The smallest absolute Gasteiger partial charge is 0.312 e. The molecular weight excluding hydrogens is 240 g/mol. The molecular formula is C13H15ClO3. The van der Waals surface area contributed by atoms with Gasteiger partial charge in [0.1, 0.15) is 0 Å². The molecule has 0 radical (unpaired) electrons. The maximum atomic E-state index is 11.7. The highest BCUT2D eigenvalue weighted by Gasteiger charge is 2.29. The number of ether oxygens (including phenoxy) is 1. The minimum Gasteiger partial charge on any atom is -0.448 e. The number of carbonyl (C=O) groups is 2. The number of esters is 1. The Bertz CT molecular complexity index is 406. The second kappa shape index (κ2) is 5.32. The Morgan fingerprint density at radius 3 is 2.12 bits per heavy atom. The summed E-state index contributed by atoms with van der Waals surface area (Å²) in [6.45, 7) is 5.16. The Morgan fingerprint density at radius 2 is 1.71 bits per heavy atom. The van der Waals surface area contributed by atoms with Gasteiger partial charge in [-0.1, -0.05) is 30.3 Å². The molecule has 1 aromatic carbocycles. The molecule has 0 spiro atoms. The number of rotatable bonds is 3. The molecule has 17 heavy (non-hydrogen) atoms. The molecule has 1 rings (SSSR count). The lowest BCUT2D eigenvalue weighted by atomic mass is 9.97. The first-order valence-electron chi connectivity index (χ1n) is 5.28. The third-order valence-corrected chi connectivity index (χ3v) is 2.34. The lowest BCUT2D eigenvalue weighted by Gasteiger charge is -2.21. The van der Waals surface area contributed by atoms with Crippen molar-refractivity contribution in [2.45, 2.75) is 26.9 Å². The summed E-state index contributed by atoms with van der Waals surface area (Å²) in [5.74, 6) is -0.458. The van der Waals surface area contributed by atoms with Gasteiger partial charge in [0.2, 0.25) is 6.10 Å². The lowest BCUT2D eigenvalue weighted by Crippen LogP contribution is -2.26. The van der Waals surface area contributed by atoms with Crippen molar-refractivity contribution in [2.24, 2.45) is 5.41 Å². The van der Waals surface area contributed by atoms with Crippen LogP contribution in [0, 0.1) is 5.41 Å². The van der Waals surface area contributed by atoms with E-state index in [0.717, 1.165) is 0 Å². The number of carbonyl (C=O) groups excluding carboxylic acids is 2. The molecule has 0 heterocycles. The molecule has 0 saturated carbocycles. The highest BCUT2D eigenvalue weighted by molar-refractivity contribution is 6.64. The summed E-state index contributed by atoms with van der Waals surface area (Å²) in [6.07, 6.45) is -1.04. The van der Waals surface area contributed by atoms with Crippen LogP contribution in [0.4, 0.5) is 0 Å². The molecule has 0 aromatic heterocycles. The lowest BCUT2D eigenvalue weighted by molar-refractivity contribution is -0.161. The highest BCUT2D eigenvalue weighted by atomic mass is 35.5. The molecule has 0 fully saturated rings. The number of hydrogen-bond donors (Lipinski definition) is 0. The van der Waals surface area contributed by atoms with Gasteiger partial charge in [-0.3, -0.25) is 9.59 Å². The predicted molar refractivity (Wildman–Crippen MR) is 65.6 cm³/mol. The Hall–Kier alpha value is -1.35. The zero-order valence-corrected chi connectivity index (χ0v) is 10.8. The zero-order valence-electron chi connectivity index (χ0n) is 10.1. The SMILES string of the molecule is CC(C)(C)C(=O)O[C@@H](C(=O)Cl)c1ccccc1. The van der Waals surface area contributed by atoms with Crippen LogP contribution in [0.1, 0.15) is 32.4 Å². The quantitative estimate of drug-likeness (QED) is 0.615. The molecule has 0 unspecified atom stereocenters. The van der Waals surface area contributed by atoms with E-state index in [1.807, 2.05) is 6.07 Å². The highest BCUT2D eigenvalue weighted by Crippen LogP contribution is 2.25. The van der Waals surface area contributed by atoms with Crippen molar-refractivity contribution in [2.75, 3.05) is 0 Å². The Labute approximate surface area is 106 Å². The molecule has 92 valence electrons. The average molecular weight is 255 g/mol. The van der Waals surface area contributed by atoms with Crippen molar-refractivity contribution in [1.82, 2.24) is 0 Å². The topological polar surface area (TPSA) is 43.4 Å². The molecule has 3 nitrogen and oxygen atoms in total. The zero-order chi connectivity index (χ0) is 13.1. The van der Waals surface area contributed by atoms with Gasteiger partial charge in [0.25, 0.3) is 5.24 Å². The summed E-state index contributed by atoms with van der Waals surface area (Å²) >= 11 is 5.46. The van der Waals surface area contributed by atoms with Gasteiger partial charge in [-0.2, -0.15) is 0 Å². The van der Waals surface area contributed by atoms with Gasteiger partial charge in [-0.05, 0) is 32.4 Å². The van der Waals surface area contributed by atoms with Crippen LogP contribution in [0.25, 0.3) is 0 Å². The van der Waals surface area contributed by atoms with E-state index in [2.05, 4.69) is 0 Å². The number of halogens is 1. The first kappa shape index (κ1) is 13.7. The summed E-state index contributed by atoms with van der Waals surface area (Å²) in [4.78, 5) is 23.0. The second-order valence-corrected chi connectivity index (χ2v) is 5.12. The van der Waals surface area contributed by atoms with Crippen molar-refractivity contribution in [1.29, 1.82) is 0 Å². The van der Waals surface area contributed by atoms with Gasteiger partial charge in [-0.25, -0.2) is 0 Å². The normalized spacial score (nSPS) is 12.9. The first-order valence-corrected chi connectivity index (χ1v) is 5.65. The molecule has 4 heteroatoms. The van der Waals surface area contributed by atoms with Crippen LogP contribution in [0.3, 0.4) is 0 Å². The maximum absolute atomic E-state index is 11.7. The van der Waals surface area contributed by atoms with E-state index in [1.54, 1.807) is 45.0 Å². The van der Waals surface area contributed by atoms with Crippen LogP contribution >= 0.6 is 11.6 Å². The number of benzene rings is 1. The van der Waals surface area contributed by atoms with Crippen LogP contribution in [0.2, 0.25) is 0 Å². The minimum atomic E-state index is -1.04.